The molecule has 1 N–H and O–H groups in total. The fourth-order valence-corrected chi connectivity index (χ4v) is 3.47. The van der Waals surface area contributed by atoms with Gasteiger partial charge in [-0.05, 0) is 42.5 Å². The van der Waals surface area contributed by atoms with Crippen LogP contribution in [0.2, 0.25) is 5.02 Å². The molecule has 0 radical (unpaired) electrons. The van der Waals surface area contributed by atoms with Crippen LogP contribution in [0.3, 0.4) is 0 Å². The second-order valence-electron chi connectivity index (χ2n) is 6.56. The highest BCUT2D eigenvalue weighted by molar-refractivity contribution is 9.10. The zero-order chi connectivity index (χ0) is 20.1. The van der Waals surface area contributed by atoms with Gasteiger partial charge in [-0.15, -0.1) is 0 Å². The minimum atomic E-state index is -0.475. The van der Waals surface area contributed by atoms with Gasteiger partial charge in [-0.2, -0.15) is 0 Å². The smallest absolute Gasteiger partial charge is 0.253 e. The van der Waals surface area contributed by atoms with E-state index in [1.54, 1.807) is 35.2 Å². The maximum absolute atomic E-state index is 13.8. The molecule has 1 fully saturated rings. The van der Waals surface area contributed by atoms with Gasteiger partial charge in [0, 0.05) is 54.2 Å². The van der Waals surface area contributed by atoms with Gasteiger partial charge < -0.3 is 10.2 Å². The van der Waals surface area contributed by atoms with Crippen LogP contribution in [-0.4, -0.2) is 54.3 Å². The van der Waals surface area contributed by atoms with E-state index in [2.05, 4.69) is 26.1 Å². The minimum Gasteiger partial charge on any atom is -0.336 e. The predicted molar refractivity (Wildman–Crippen MR) is 111 cm³/mol. The summed E-state index contributed by atoms with van der Waals surface area (Å²) in [5.74, 6) is -0.724. The number of benzene rings is 2. The van der Waals surface area contributed by atoms with Crippen LogP contribution in [0.5, 0.6) is 0 Å². The lowest BCUT2D eigenvalue weighted by molar-refractivity contribution is -0.116. The standard InChI is InChI=1S/C20H20BrClFN3O2/c21-15-3-6-18(17(23)13-15)24-19(27)7-8-25-9-11-26(12-10-25)20(28)14-1-4-16(22)5-2-14/h1-6,13H,7-12H2,(H,24,27). The van der Waals surface area contributed by atoms with Crippen molar-refractivity contribution in [3.63, 3.8) is 0 Å². The molecule has 3 rings (SSSR count). The van der Waals surface area contributed by atoms with E-state index < -0.39 is 5.82 Å². The van der Waals surface area contributed by atoms with E-state index in [0.717, 1.165) is 0 Å². The molecule has 28 heavy (non-hydrogen) atoms. The summed E-state index contributed by atoms with van der Waals surface area (Å²) in [5, 5.41) is 3.19. The number of amides is 2. The molecule has 0 unspecified atom stereocenters. The Morgan fingerprint density at radius 2 is 1.75 bits per heavy atom. The summed E-state index contributed by atoms with van der Waals surface area (Å²) in [7, 11) is 0. The van der Waals surface area contributed by atoms with E-state index in [1.165, 1.54) is 12.1 Å². The van der Waals surface area contributed by atoms with Crippen molar-refractivity contribution in [2.75, 3.05) is 38.0 Å². The maximum Gasteiger partial charge on any atom is 0.253 e. The van der Waals surface area contributed by atoms with Crippen LogP contribution in [0.1, 0.15) is 16.8 Å². The van der Waals surface area contributed by atoms with Gasteiger partial charge in [0.05, 0.1) is 5.69 Å². The van der Waals surface area contributed by atoms with Crippen molar-refractivity contribution in [3.05, 3.63) is 63.3 Å². The van der Waals surface area contributed by atoms with Gasteiger partial charge >= 0.3 is 0 Å². The van der Waals surface area contributed by atoms with E-state index in [1.807, 2.05) is 0 Å². The van der Waals surface area contributed by atoms with Crippen LogP contribution in [0.15, 0.2) is 46.9 Å². The molecule has 0 aliphatic carbocycles. The first-order valence-electron chi connectivity index (χ1n) is 8.94. The van der Waals surface area contributed by atoms with E-state index in [0.29, 0.717) is 47.8 Å². The lowest BCUT2D eigenvalue weighted by Gasteiger charge is -2.34. The van der Waals surface area contributed by atoms with Gasteiger partial charge in [0.25, 0.3) is 5.91 Å². The molecule has 2 aromatic carbocycles. The van der Waals surface area contributed by atoms with Crippen molar-refractivity contribution in [1.82, 2.24) is 9.80 Å². The number of hydrogen-bond donors (Lipinski definition) is 1. The number of hydrogen-bond acceptors (Lipinski definition) is 3. The summed E-state index contributed by atoms with van der Waals surface area (Å²) in [4.78, 5) is 28.5. The molecule has 2 aromatic rings. The first kappa shape index (κ1) is 20.8. The maximum atomic E-state index is 13.8. The second kappa shape index (κ2) is 9.49. The SMILES string of the molecule is O=C(CCN1CCN(C(=O)c2ccc(Cl)cc2)CC1)Nc1ccc(Br)cc1F. The molecule has 1 aliphatic heterocycles. The minimum absolute atomic E-state index is 0.0141. The van der Waals surface area contributed by atoms with Crippen molar-refractivity contribution in [1.29, 1.82) is 0 Å². The van der Waals surface area contributed by atoms with Crippen molar-refractivity contribution < 1.29 is 14.0 Å². The quantitative estimate of drug-likeness (QED) is 0.721. The molecule has 148 valence electrons. The summed E-state index contributed by atoms with van der Waals surface area (Å²) in [6.45, 7) is 3.15. The zero-order valence-corrected chi connectivity index (χ0v) is 17.5. The molecule has 1 saturated heterocycles. The fraction of sp³-hybridized carbons (Fsp3) is 0.300. The van der Waals surface area contributed by atoms with Crippen LogP contribution < -0.4 is 5.32 Å². The monoisotopic (exact) mass is 467 g/mol. The van der Waals surface area contributed by atoms with E-state index in [-0.39, 0.29) is 23.9 Å². The van der Waals surface area contributed by atoms with Crippen molar-refractivity contribution in [2.24, 2.45) is 0 Å². The number of carbonyl (C=O) groups excluding carboxylic acids is 2. The van der Waals surface area contributed by atoms with Gasteiger partial charge in [-0.3, -0.25) is 14.5 Å². The second-order valence-corrected chi connectivity index (χ2v) is 7.92. The highest BCUT2D eigenvalue weighted by Crippen LogP contribution is 2.19. The van der Waals surface area contributed by atoms with Gasteiger partial charge in [0.2, 0.25) is 5.91 Å². The van der Waals surface area contributed by atoms with Crippen LogP contribution in [-0.2, 0) is 4.79 Å². The lowest BCUT2D eigenvalue weighted by atomic mass is 10.2. The van der Waals surface area contributed by atoms with Gasteiger partial charge in [-0.1, -0.05) is 27.5 Å². The zero-order valence-electron chi connectivity index (χ0n) is 15.1. The van der Waals surface area contributed by atoms with Crippen LogP contribution >= 0.6 is 27.5 Å². The number of anilines is 1. The summed E-state index contributed by atoms with van der Waals surface area (Å²) < 4.78 is 14.4. The summed E-state index contributed by atoms with van der Waals surface area (Å²) in [6.07, 6.45) is 0.265. The van der Waals surface area contributed by atoms with Crippen LogP contribution in [0.25, 0.3) is 0 Å². The van der Waals surface area contributed by atoms with Gasteiger partial charge in [0.15, 0.2) is 0 Å². The Hall–Kier alpha value is -1.96. The molecule has 1 aliphatic rings. The Morgan fingerprint density at radius 3 is 2.39 bits per heavy atom. The average molecular weight is 469 g/mol. The Bertz CT molecular complexity index is 855. The molecular formula is C20H20BrClFN3O2. The number of piperazine rings is 1. The first-order chi connectivity index (χ1) is 13.4. The Kier molecular flexibility index (Phi) is 7.04. The van der Waals surface area contributed by atoms with Gasteiger partial charge in [-0.25, -0.2) is 4.39 Å². The topological polar surface area (TPSA) is 52.7 Å². The van der Waals surface area contributed by atoms with Crippen molar-refractivity contribution >= 4 is 45.0 Å². The average Bonchev–Trinajstić information content (AvgIpc) is 2.69. The van der Waals surface area contributed by atoms with Gasteiger partial charge in [0.1, 0.15) is 5.82 Å². The molecule has 0 aromatic heterocycles. The molecule has 0 saturated carbocycles. The molecule has 5 nitrogen and oxygen atoms in total. The molecule has 0 bridgehead atoms. The highest BCUT2D eigenvalue weighted by Gasteiger charge is 2.22. The van der Waals surface area contributed by atoms with E-state index in [9.17, 15) is 14.0 Å². The first-order valence-corrected chi connectivity index (χ1v) is 10.1. The Morgan fingerprint density at radius 1 is 1.07 bits per heavy atom. The highest BCUT2D eigenvalue weighted by atomic mass is 79.9. The van der Waals surface area contributed by atoms with Crippen LogP contribution in [0, 0.1) is 5.82 Å². The largest absolute Gasteiger partial charge is 0.336 e. The Labute approximate surface area is 176 Å². The number of rotatable bonds is 5. The summed E-state index contributed by atoms with van der Waals surface area (Å²) in [5.41, 5.74) is 0.792. The van der Waals surface area contributed by atoms with Crippen molar-refractivity contribution in [2.45, 2.75) is 6.42 Å². The third-order valence-electron chi connectivity index (χ3n) is 4.61. The predicted octanol–water partition coefficient (Wildman–Crippen LogP) is 4.03. The third-order valence-corrected chi connectivity index (χ3v) is 5.36. The van der Waals surface area contributed by atoms with E-state index in [4.69, 9.17) is 11.6 Å². The summed E-state index contributed by atoms with van der Waals surface area (Å²) >= 11 is 9.05. The van der Waals surface area contributed by atoms with Crippen molar-refractivity contribution in [3.8, 4) is 0 Å². The number of carbonyl (C=O) groups is 2. The Balaban J connectivity index is 1.43. The molecule has 0 atom stereocenters. The summed E-state index contributed by atoms with van der Waals surface area (Å²) in [6, 6.07) is 11.4. The molecule has 1 heterocycles. The normalized spacial score (nSPS) is 14.8. The number of nitrogens with one attached hydrogen (secondary N) is 1. The number of nitrogens with zero attached hydrogens (tertiary/aromatic N) is 2. The fourth-order valence-electron chi connectivity index (χ4n) is 3.01. The molecule has 2 amide bonds. The third kappa shape index (κ3) is 5.53. The number of halogens is 3. The lowest BCUT2D eigenvalue weighted by Crippen LogP contribution is -2.49. The molecular weight excluding hydrogens is 449 g/mol. The molecule has 0 spiro atoms. The molecule has 8 heteroatoms. The van der Waals surface area contributed by atoms with E-state index >= 15 is 0 Å². The van der Waals surface area contributed by atoms with Crippen LogP contribution in [0.4, 0.5) is 10.1 Å².